The van der Waals surface area contributed by atoms with Gasteiger partial charge in [0.2, 0.25) is 0 Å². The van der Waals surface area contributed by atoms with E-state index in [9.17, 15) is 0 Å². The lowest BCUT2D eigenvalue weighted by atomic mass is 10.1. The van der Waals surface area contributed by atoms with Crippen molar-refractivity contribution in [3.8, 4) is 11.5 Å². The van der Waals surface area contributed by atoms with Gasteiger partial charge < -0.3 is 29.2 Å². The summed E-state index contributed by atoms with van der Waals surface area (Å²) >= 11 is 0. The molecule has 2 rings (SSSR count). The minimum absolute atomic E-state index is 0. The molecule has 1 aromatic carbocycles. The average Bonchev–Trinajstić information content (AvgIpc) is 3.19. The molecule has 0 aromatic heterocycles. The number of guanidine groups is 1. The summed E-state index contributed by atoms with van der Waals surface area (Å²) in [6.45, 7) is 10.1. The van der Waals surface area contributed by atoms with Gasteiger partial charge in [0.05, 0.1) is 33.0 Å². The molecule has 1 aromatic rings. The number of likely N-dealkylation sites (tertiary alicyclic amines) is 1. The van der Waals surface area contributed by atoms with Crippen LogP contribution in [0.4, 0.5) is 0 Å². The zero-order chi connectivity index (χ0) is 20.9. The largest absolute Gasteiger partial charge is 0.490 e. The van der Waals surface area contributed by atoms with Crippen molar-refractivity contribution >= 4 is 29.9 Å². The first-order valence-electron chi connectivity index (χ1n) is 10.6. The topological polar surface area (TPSA) is 64.6 Å². The molecular weight excluding hydrogens is 497 g/mol. The van der Waals surface area contributed by atoms with E-state index in [1.165, 1.54) is 5.56 Å². The van der Waals surface area contributed by atoms with Crippen LogP contribution in [0.25, 0.3) is 0 Å². The van der Waals surface area contributed by atoms with Gasteiger partial charge in [-0.05, 0) is 44.4 Å². The summed E-state index contributed by atoms with van der Waals surface area (Å²) in [6, 6.07) is 6.16. The van der Waals surface area contributed by atoms with Gasteiger partial charge in [-0.15, -0.1) is 24.0 Å². The lowest BCUT2D eigenvalue weighted by Gasteiger charge is -2.22. The lowest BCUT2D eigenvalue weighted by molar-refractivity contribution is 0.0536. The molecule has 0 bridgehead atoms. The Morgan fingerprint density at radius 3 is 2.63 bits per heavy atom. The van der Waals surface area contributed by atoms with E-state index in [0.29, 0.717) is 32.3 Å². The first kappa shape index (κ1) is 26.8. The van der Waals surface area contributed by atoms with Crippen LogP contribution >= 0.6 is 24.0 Å². The van der Waals surface area contributed by atoms with Crippen LogP contribution < -0.4 is 14.8 Å². The van der Waals surface area contributed by atoms with E-state index < -0.39 is 0 Å². The molecule has 0 spiro atoms. The quantitative estimate of drug-likeness (QED) is 0.192. The zero-order valence-corrected chi connectivity index (χ0v) is 21.1. The molecule has 30 heavy (non-hydrogen) atoms. The molecule has 1 aliphatic heterocycles. The maximum atomic E-state index is 5.72. The highest BCUT2D eigenvalue weighted by Crippen LogP contribution is 2.28. The van der Waals surface area contributed by atoms with Crippen molar-refractivity contribution in [1.29, 1.82) is 0 Å². The highest BCUT2D eigenvalue weighted by molar-refractivity contribution is 14.0. The maximum absolute atomic E-state index is 5.72. The fourth-order valence-electron chi connectivity index (χ4n) is 3.46. The molecule has 0 amide bonds. The SMILES string of the molecule is CCOc1ccc(CCNC(=NC)N2CCC(COCCOC)C2)cc1OCC.I. The van der Waals surface area contributed by atoms with Crippen LogP contribution in [0.3, 0.4) is 0 Å². The summed E-state index contributed by atoms with van der Waals surface area (Å²) in [5.74, 6) is 3.12. The second-order valence-electron chi connectivity index (χ2n) is 7.04. The van der Waals surface area contributed by atoms with Crippen LogP contribution in [0.2, 0.25) is 0 Å². The third kappa shape index (κ3) is 8.85. The number of nitrogens with one attached hydrogen (secondary N) is 1. The van der Waals surface area contributed by atoms with Gasteiger partial charge in [-0.25, -0.2) is 0 Å². The minimum atomic E-state index is 0. The van der Waals surface area contributed by atoms with Crippen LogP contribution in [-0.4, -0.2) is 77.7 Å². The van der Waals surface area contributed by atoms with Gasteiger partial charge in [-0.2, -0.15) is 0 Å². The van der Waals surface area contributed by atoms with Gasteiger partial charge in [0.15, 0.2) is 17.5 Å². The Balaban J connectivity index is 0.00000450. The molecule has 1 aliphatic rings. The third-order valence-corrected chi connectivity index (χ3v) is 4.89. The predicted octanol–water partition coefficient (Wildman–Crippen LogP) is 3.20. The van der Waals surface area contributed by atoms with E-state index in [0.717, 1.165) is 56.5 Å². The first-order chi connectivity index (χ1) is 14.2. The summed E-state index contributed by atoms with van der Waals surface area (Å²) in [7, 11) is 3.54. The molecule has 0 saturated carbocycles. The fraction of sp³-hybridized carbons (Fsp3) is 0.682. The van der Waals surface area contributed by atoms with E-state index in [1.807, 2.05) is 27.0 Å². The smallest absolute Gasteiger partial charge is 0.193 e. The molecule has 7 nitrogen and oxygen atoms in total. The fourth-order valence-corrected chi connectivity index (χ4v) is 3.46. The zero-order valence-electron chi connectivity index (χ0n) is 18.8. The first-order valence-corrected chi connectivity index (χ1v) is 10.6. The van der Waals surface area contributed by atoms with Crippen molar-refractivity contribution in [3.05, 3.63) is 23.8 Å². The van der Waals surface area contributed by atoms with Crippen molar-refractivity contribution < 1.29 is 18.9 Å². The Bertz CT molecular complexity index is 630. The molecule has 172 valence electrons. The van der Waals surface area contributed by atoms with Crippen molar-refractivity contribution in [2.75, 3.05) is 66.8 Å². The van der Waals surface area contributed by atoms with E-state index in [1.54, 1.807) is 7.11 Å². The van der Waals surface area contributed by atoms with Crippen LogP contribution in [0.1, 0.15) is 25.8 Å². The molecule has 1 N–H and O–H groups in total. The molecule has 8 heteroatoms. The Kier molecular flexibility index (Phi) is 13.9. The number of rotatable bonds is 12. The number of benzene rings is 1. The van der Waals surface area contributed by atoms with Gasteiger partial charge in [0.25, 0.3) is 0 Å². The summed E-state index contributed by atoms with van der Waals surface area (Å²) in [6.07, 6.45) is 2.02. The molecule has 1 unspecified atom stereocenters. The van der Waals surface area contributed by atoms with Crippen LogP contribution in [-0.2, 0) is 15.9 Å². The Hall–Kier alpha value is -1.26. The average molecular weight is 535 g/mol. The summed E-state index contributed by atoms with van der Waals surface area (Å²) in [5.41, 5.74) is 1.21. The van der Waals surface area contributed by atoms with Gasteiger partial charge in [-0.3, -0.25) is 4.99 Å². The number of aliphatic imine (C=N–C) groups is 1. The van der Waals surface area contributed by atoms with E-state index in [-0.39, 0.29) is 24.0 Å². The Morgan fingerprint density at radius 2 is 1.93 bits per heavy atom. The van der Waals surface area contributed by atoms with Crippen molar-refractivity contribution in [1.82, 2.24) is 10.2 Å². The van der Waals surface area contributed by atoms with Gasteiger partial charge in [0, 0.05) is 39.7 Å². The summed E-state index contributed by atoms with van der Waals surface area (Å²) in [4.78, 5) is 6.77. The van der Waals surface area contributed by atoms with Crippen LogP contribution in [0.5, 0.6) is 11.5 Å². The van der Waals surface area contributed by atoms with Gasteiger partial charge in [-0.1, -0.05) is 6.07 Å². The monoisotopic (exact) mass is 535 g/mol. The van der Waals surface area contributed by atoms with E-state index in [4.69, 9.17) is 18.9 Å². The molecular formula is C22H38IN3O4. The minimum Gasteiger partial charge on any atom is -0.490 e. The number of hydrogen-bond acceptors (Lipinski definition) is 5. The normalized spacial score (nSPS) is 16.3. The molecule has 1 atom stereocenters. The van der Waals surface area contributed by atoms with Crippen LogP contribution in [0, 0.1) is 5.92 Å². The summed E-state index contributed by atoms with van der Waals surface area (Å²) in [5, 5.41) is 3.49. The standard InChI is InChI=1S/C22H37N3O4.HI/c1-5-28-20-8-7-18(15-21(20)29-6-2)9-11-24-22(23-3)25-12-10-19(16-25)17-27-14-13-26-4;/h7-8,15,19H,5-6,9-14,16-17H2,1-4H3,(H,23,24);1H. The highest BCUT2D eigenvalue weighted by Gasteiger charge is 2.24. The Labute approximate surface area is 198 Å². The lowest BCUT2D eigenvalue weighted by Crippen LogP contribution is -2.41. The van der Waals surface area contributed by atoms with Crippen molar-refractivity contribution in [2.24, 2.45) is 10.9 Å². The molecule has 1 heterocycles. The van der Waals surface area contributed by atoms with Crippen molar-refractivity contribution in [2.45, 2.75) is 26.7 Å². The second-order valence-corrected chi connectivity index (χ2v) is 7.04. The van der Waals surface area contributed by atoms with Gasteiger partial charge >= 0.3 is 0 Å². The van der Waals surface area contributed by atoms with E-state index >= 15 is 0 Å². The van der Waals surface area contributed by atoms with Crippen molar-refractivity contribution in [3.63, 3.8) is 0 Å². The van der Waals surface area contributed by atoms with Gasteiger partial charge in [0.1, 0.15) is 0 Å². The van der Waals surface area contributed by atoms with Crippen LogP contribution in [0.15, 0.2) is 23.2 Å². The number of ether oxygens (including phenoxy) is 4. The molecule has 1 saturated heterocycles. The molecule has 0 aliphatic carbocycles. The second kappa shape index (κ2) is 15.5. The number of halogens is 1. The highest BCUT2D eigenvalue weighted by atomic mass is 127. The summed E-state index contributed by atoms with van der Waals surface area (Å²) < 4.78 is 22.1. The number of hydrogen-bond donors (Lipinski definition) is 1. The number of nitrogens with zero attached hydrogens (tertiary/aromatic N) is 2. The van der Waals surface area contributed by atoms with E-state index in [2.05, 4.69) is 27.3 Å². The molecule has 0 radical (unpaired) electrons. The Morgan fingerprint density at radius 1 is 1.17 bits per heavy atom. The number of methoxy groups -OCH3 is 1. The predicted molar refractivity (Wildman–Crippen MR) is 132 cm³/mol. The maximum Gasteiger partial charge on any atom is 0.193 e. The third-order valence-electron chi connectivity index (χ3n) is 4.89. The molecule has 1 fully saturated rings.